The number of nitrogens with one attached hydrogen (secondary N) is 1. The van der Waals surface area contributed by atoms with Gasteiger partial charge in [0.1, 0.15) is 23.9 Å². The highest BCUT2D eigenvalue weighted by Gasteiger charge is 2.22. The molecule has 0 atom stereocenters. The molecule has 1 N–H and O–H groups in total. The standard InChI is InChI=1S/C20H18FN5O3S/c1-11-15(8-22-26(11)3)17-10-30-20(23-17)24-19(27)18-16(12(2)29-25-18)9-28-14-6-4-5-13(21)7-14/h4-8,10H,9H2,1-3H3,(H,23,24,27). The van der Waals surface area contributed by atoms with Gasteiger partial charge in [-0.1, -0.05) is 11.2 Å². The molecule has 0 spiro atoms. The van der Waals surface area contributed by atoms with Crippen LogP contribution in [0.3, 0.4) is 0 Å². The Bertz CT molecular complexity index is 1210. The van der Waals surface area contributed by atoms with E-state index in [9.17, 15) is 9.18 Å². The summed E-state index contributed by atoms with van der Waals surface area (Å²) in [6, 6.07) is 5.76. The Morgan fingerprint density at radius 2 is 2.20 bits per heavy atom. The van der Waals surface area contributed by atoms with Crippen molar-refractivity contribution >= 4 is 22.4 Å². The van der Waals surface area contributed by atoms with Crippen LogP contribution in [0.25, 0.3) is 11.3 Å². The number of rotatable bonds is 6. The number of benzene rings is 1. The number of thiazole rings is 1. The quantitative estimate of drug-likeness (QED) is 0.497. The first-order chi connectivity index (χ1) is 14.4. The molecule has 0 fully saturated rings. The average molecular weight is 427 g/mol. The lowest BCUT2D eigenvalue weighted by Crippen LogP contribution is -2.15. The number of carbonyl (C=O) groups is 1. The largest absolute Gasteiger partial charge is 0.489 e. The van der Waals surface area contributed by atoms with Gasteiger partial charge in [-0.2, -0.15) is 5.10 Å². The molecule has 0 unspecified atom stereocenters. The molecule has 8 nitrogen and oxygen atoms in total. The van der Waals surface area contributed by atoms with Gasteiger partial charge in [0.15, 0.2) is 10.8 Å². The van der Waals surface area contributed by atoms with E-state index in [1.165, 1.54) is 23.5 Å². The number of hydrogen-bond donors (Lipinski definition) is 1. The third-order valence-electron chi connectivity index (χ3n) is 4.61. The van der Waals surface area contributed by atoms with Crippen molar-refractivity contribution in [1.82, 2.24) is 19.9 Å². The number of nitrogens with zero attached hydrogens (tertiary/aromatic N) is 4. The Kier molecular flexibility index (Phi) is 5.32. The van der Waals surface area contributed by atoms with Crippen LogP contribution in [-0.2, 0) is 13.7 Å². The lowest BCUT2D eigenvalue weighted by Gasteiger charge is -2.06. The van der Waals surface area contributed by atoms with Gasteiger partial charge in [-0.15, -0.1) is 11.3 Å². The highest BCUT2D eigenvalue weighted by Crippen LogP contribution is 2.27. The number of aromatic nitrogens is 4. The van der Waals surface area contributed by atoms with Gasteiger partial charge >= 0.3 is 0 Å². The van der Waals surface area contributed by atoms with E-state index >= 15 is 0 Å². The van der Waals surface area contributed by atoms with E-state index in [0.29, 0.717) is 22.2 Å². The molecular weight excluding hydrogens is 409 g/mol. The first-order valence-corrected chi connectivity index (χ1v) is 9.89. The maximum Gasteiger partial charge on any atom is 0.280 e. The van der Waals surface area contributed by atoms with E-state index in [4.69, 9.17) is 9.26 Å². The summed E-state index contributed by atoms with van der Waals surface area (Å²) in [7, 11) is 1.86. The van der Waals surface area contributed by atoms with Gasteiger partial charge in [0.2, 0.25) is 0 Å². The van der Waals surface area contributed by atoms with Crippen LogP contribution in [0.2, 0.25) is 0 Å². The second-order valence-corrected chi connectivity index (χ2v) is 7.43. The maximum absolute atomic E-state index is 13.3. The van der Waals surface area contributed by atoms with Crippen LogP contribution in [0.4, 0.5) is 9.52 Å². The predicted octanol–water partition coefficient (Wildman–Crippen LogP) is 4.12. The maximum atomic E-state index is 13.3. The number of halogens is 1. The van der Waals surface area contributed by atoms with Crippen molar-refractivity contribution in [2.24, 2.45) is 7.05 Å². The second-order valence-electron chi connectivity index (χ2n) is 6.57. The fraction of sp³-hybridized carbons (Fsp3) is 0.200. The van der Waals surface area contributed by atoms with Crippen LogP contribution >= 0.6 is 11.3 Å². The summed E-state index contributed by atoms with van der Waals surface area (Å²) in [5.41, 5.74) is 3.18. The molecule has 4 rings (SSSR count). The molecule has 30 heavy (non-hydrogen) atoms. The summed E-state index contributed by atoms with van der Waals surface area (Å²) in [5.74, 6) is -0.0786. The van der Waals surface area contributed by atoms with Crippen molar-refractivity contribution in [3.05, 3.63) is 64.4 Å². The van der Waals surface area contributed by atoms with Crippen LogP contribution in [0, 0.1) is 19.7 Å². The molecule has 10 heteroatoms. The molecule has 154 valence electrons. The topological polar surface area (TPSA) is 95.1 Å². The van der Waals surface area contributed by atoms with Gasteiger partial charge in [0.25, 0.3) is 5.91 Å². The molecule has 3 heterocycles. The summed E-state index contributed by atoms with van der Waals surface area (Å²) < 4.78 is 25.8. The van der Waals surface area contributed by atoms with Gasteiger partial charge in [-0.3, -0.25) is 14.8 Å². The summed E-state index contributed by atoms with van der Waals surface area (Å²) >= 11 is 1.30. The molecule has 4 aromatic rings. The molecule has 3 aromatic heterocycles. The van der Waals surface area contributed by atoms with Gasteiger partial charge in [0, 0.05) is 29.8 Å². The van der Waals surface area contributed by atoms with E-state index in [0.717, 1.165) is 17.0 Å². The average Bonchev–Trinajstić information content (AvgIpc) is 3.41. The minimum atomic E-state index is -0.464. The minimum Gasteiger partial charge on any atom is -0.489 e. The van der Waals surface area contributed by atoms with E-state index in [2.05, 4.69) is 20.6 Å². The Labute approximate surface area is 175 Å². The van der Waals surface area contributed by atoms with Gasteiger partial charge in [-0.25, -0.2) is 9.37 Å². The number of ether oxygens (including phenoxy) is 1. The van der Waals surface area contributed by atoms with Crippen molar-refractivity contribution in [3.8, 4) is 17.0 Å². The molecule has 1 aromatic carbocycles. The number of hydrogen-bond acceptors (Lipinski definition) is 7. The highest BCUT2D eigenvalue weighted by atomic mass is 32.1. The van der Waals surface area contributed by atoms with E-state index in [1.54, 1.807) is 29.9 Å². The molecule has 0 aliphatic heterocycles. The first-order valence-electron chi connectivity index (χ1n) is 9.01. The van der Waals surface area contributed by atoms with E-state index in [1.807, 2.05) is 19.4 Å². The molecule has 0 aliphatic carbocycles. The summed E-state index contributed by atoms with van der Waals surface area (Å²) in [6.07, 6.45) is 1.73. The summed E-state index contributed by atoms with van der Waals surface area (Å²) in [6.45, 7) is 3.64. The van der Waals surface area contributed by atoms with Crippen LogP contribution in [0.1, 0.15) is 27.5 Å². The van der Waals surface area contributed by atoms with Crippen LogP contribution < -0.4 is 10.1 Å². The fourth-order valence-corrected chi connectivity index (χ4v) is 3.52. The number of anilines is 1. The number of carbonyl (C=O) groups excluding carboxylic acids is 1. The van der Waals surface area contributed by atoms with Crippen molar-refractivity contribution in [2.75, 3.05) is 5.32 Å². The van der Waals surface area contributed by atoms with Crippen molar-refractivity contribution in [3.63, 3.8) is 0 Å². The third kappa shape index (κ3) is 3.94. The van der Waals surface area contributed by atoms with Crippen LogP contribution in [0.5, 0.6) is 5.75 Å². The number of amides is 1. The molecular formula is C20H18FN5O3S. The van der Waals surface area contributed by atoms with Crippen molar-refractivity contribution < 1.29 is 18.4 Å². The Morgan fingerprint density at radius 1 is 1.37 bits per heavy atom. The Morgan fingerprint density at radius 3 is 2.93 bits per heavy atom. The Hall–Kier alpha value is -3.53. The lowest BCUT2D eigenvalue weighted by molar-refractivity contribution is 0.101. The summed E-state index contributed by atoms with van der Waals surface area (Å²) in [4.78, 5) is 17.2. The molecule has 0 radical (unpaired) electrons. The monoisotopic (exact) mass is 427 g/mol. The zero-order chi connectivity index (χ0) is 21.3. The van der Waals surface area contributed by atoms with E-state index in [-0.39, 0.29) is 12.3 Å². The third-order valence-corrected chi connectivity index (χ3v) is 5.37. The second kappa shape index (κ2) is 8.07. The normalized spacial score (nSPS) is 10.9. The lowest BCUT2D eigenvalue weighted by atomic mass is 10.2. The van der Waals surface area contributed by atoms with Crippen LogP contribution in [0.15, 0.2) is 40.4 Å². The molecule has 1 amide bonds. The summed E-state index contributed by atoms with van der Waals surface area (Å²) in [5, 5.41) is 13.1. The highest BCUT2D eigenvalue weighted by molar-refractivity contribution is 7.14. The fourth-order valence-electron chi connectivity index (χ4n) is 2.81. The van der Waals surface area contributed by atoms with Crippen molar-refractivity contribution in [1.29, 1.82) is 0 Å². The molecule has 0 bridgehead atoms. The molecule has 0 saturated carbocycles. The Balaban J connectivity index is 1.49. The van der Waals surface area contributed by atoms with Gasteiger partial charge in [-0.05, 0) is 26.0 Å². The molecule has 0 saturated heterocycles. The predicted molar refractivity (Wildman–Crippen MR) is 109 cm³/mol. The first kappa shape index (κ1) is 19.8. The van der Waals surface area contributed by atoms with Gasteiger partial charge < -0.3 is 9.26 Å². The number of aryl methyl sites for hydroxylation is 2. The van der Waals surface area contributed by atoms with Crippen molar-refractivity contribution in [2.45, 2.75) is 20.5 Å². The van der Waals surface area contributed by atoms with Gasteiger partial charge in [0.05, 0.1) is 17.5 Å². The zero-order valence-electron chi connectivity index (χ0n) is 16.5. The zero-order valence-corrected chi connectivity index (χ0v) is 17.3. The van der Waals surface area contributed by atoms with Crippen LogP contribution in [-0.4, -0.2) is 25.8 Å². The molecule has 0 aliphatic rings. The SMILES string of the molecule is Cc1onc(C(=O)Nc2nc(-c3cnn(C)c3C)cs2)c1COc1cccc(F)c1. The van der Waals surface area contributed by atoms with E-state index < -0.39 is 11.7 Å². The minimum absolute atomic E-state index is 0.0134. The smallest absolute Gasteiger partial charge is 0.280 e.